The van der Waals surface area contributed by atoms with E-state index >= 15 is 0 Å². The molecule has 0 aromatic heterocycles. The molecule has 1 aromatic rings. The number of methoxy groups -OCH3 is 1. The van der Waals surface area contributed by atoms with Crippen LogP contribution in [-0.4, -0.2) is 50.3 Å². The number of amides is 1. The van der Waals surface area contributed by atoms with Crippen molar-refractivity contribution in [3.8, 4) is 11.5 Å². The summed E-state index contributed by atoms with van der Waals surface area (Å²) in [4.78, 5) is 14.3. The molecule has 6 heteroatoms. The van der Waals surface area contributed by atoms with Gasteiger partial charge in [-0.25, -0.2) is 4.39 Å². The van der Waals surface area contributed by atoms with Crippen molar-refractivity contribution in [3.05, 3.63) is 23.8 Å². The van der Waals surface area contributed by atoms with Crippen LogP contribution in [0.3, 0.4) is 0 Å². The summed E-state index contributed by atoms with van der Waals surface area (Å²) in [6.07, 6.45) is 0.681. The van der Waals surface area contributed by atoms with Gasteiger partial charge in [-0.1, -0.05) is 0 Å². The van der Waals surface area contributed by atoms with Crippen LogP contribution < -0.4 is 15.2 Å². The van der Waals surface area contributed by atoms with Crippen molar-refractivity contribution in [3.63, 3.8) is 0 Å². The average molecular weight is 310 g/mol. The number of rotatable bonds is 6. The van der Waals surface area contributed by atoms with Gasteiger partial charge in [-0.15, -0.1) is 0 Å². The number of alkyl halides is 1. The molecule has 122 valence electrons. The third kappa shape index (κ3) is 4.10. The Labute approximate surface area is 130 Å². The first-order valence-electron chi connectivity index (χ1n) is 7.60. The Morgan fingerprint density at radius 3 is 2.77 bits per heavy atom. The standard InChI is InChI=1S/C16H23FN2O3/c1-21-13-3-4-15(22-10-2-7-18)14(11-13)16(20)19-8-5-12(17)6-9-19/h3-4,11-12H,2,5-10,18H2,1H3. The van der Waals surface area contributed by atoms with Gasteiger partial charge in [-0.2, -0.15) is 0 Å². The van der Waals surface area contributed by atoms with Crippen molar-refractivity contribution >= 4 is 5.91 Å². The molecular formula is C16H23FN2O3. The number of nitrogens with two attached hydrogens (primary N) is 1. The molecule has 1 aromatic carbocycles. The topological polar surface area (TPSA) is 64.8 Å². The van der Waals surface area contributed by atoms with Gasteiger partial charge in [-0.05, 0) is 44.0 Å². The van der Waals surface area contributed by atoms with Crippen LogP contribution in [0.2, 0.25) is 0 Å². The molecule has 1 fully saturated rings. The minimum absolute atomic E-state index is 0.145. The van der Waals surface area contributed by atoms with Gasteiger partial charge < -0.3 is 20.1 Å². The fourth-order valence-electron chi connectivity index (χ4n) is 2.42. The van der Waals surface area contributed by atoms with Gasteiger partial charge in [0.15, 0.2) is 0 Å². The van der Waals surface area contributed by atoms with Gasteiger partial charge in [0.05, 0.1) is 19.3 Å². The third-order valence-corrected chi connectivity index (χ3v) is 3.73. The van der Waals surface area contributed by atoms with E-state index in [1.807, 2.05) is 0 Å². The molecule has 0 unspecified atom stereocenters. The van der Waals surface area contributed by atoms with E-state index < -0.39 is 6.17 Å². The molecule has 2 rings (SSSR count). The Morgan fingerprint density at radius 2 is 2.14 bits per heavy atom. The van der Waals surface area contributed by atoms with Gasteiger partial charge in [0.2, 0.25) is 0 Å². The van der Waals surface area contributed by atoms with Crippen molar-refractivity contribution in [2.24, 2.45) is 5.73 Å². The molecule has 0 bridgehead atoms. The molecule has 0 aliphatic carbocycles. The first-order valence-corrected chi connectivity index (χ1v) is 7.60. The fourth-order valence-corrected chi connectivity index (χ4v) is 2.42. The maximum absolute atomic E-state index is 13.2. The molecule has 1 aliphatic rings. The highest BCUT2D eigenvalue weighted by Crippen LogP contribution is 2.27. The highest BCUT2D eigenvalue weighted by atomic mass is 19.1. The van der Waals surface area contributed by atoms with Gasteiger partial charge in [0.25, 0.3) is 5.91 Å². The summed E-state index contributed by atoms with van der Waals surface area (Å²) in [7, 11) is 1.55. The van der Waals surface area contributed by atoms with E-state index in [4.69, 9.17) is 15.2 Å². The lowest BCUT2D eigenvalue weighted by Crippen LogP contribution is -2.39. The monoisotopic (exact) mass is 310 g/mol. The van der Waals surface area contributed by atoms with E-state index in [1.165, 1.54) is 0 Å². The second-order valence-electron chi connectivity index (χ2n) is 5.32. The zero-order chi connectivity index (χ0) is 15.9. The molecule has 1 aliphatic heterocycles. The maximum Gasteiger partial charge on any atom is 0.257 e. The second-order valence-corrected chi connectivity index (χ2v) is 5.32. The number of likely N-dealkylation sites (tertiary alicyclic amines) is 1. The minimum Gasteiger partial charge on any atom is -0.497 e. The molecule has 1 saturated heterocycles. The van der Waals surface area contributed by atoms with Crippen LogP contribution in [0.15, 0.2) is 18.2 Å². The molecule has 22 heavy (non-hydrogen) atoms. The lowest BCUT2D eigenvalue weighted by atomic mass is 10.1. The van der Waals surface area contributed by atoms with E-state index in [0.717, 1.165) is 0 Å². The Kier molecular flexibility index (Phi) is 6.00. The van der Waals surface area contributed by atoms with E-state index in [0.29, 0.717) is 62.6 Å². The Bertz CT molecular complexity index is 502. The van der Waals surface area contributed by atoms with E-state index in [9.17, 15) is 9.18 Å². The Balaban J connectivity index is 2.16. The van der Waals surface area contributed by atoms with Crippen LogP contribution >= 0.6 is 0 Å². The number of hydrogen-bond acceptors (Lipinski definition) is 4. The Hall–Kier alpha value is -1.82. The quantitative estimate of drug-likeness (QED) is 0.816. The van der Waals surface area contributed by atoms with Crippen LogP contribution in [0.25, 0.3) is 0 Å². The summed E-state index contributed by atoms with van der Waals surface area (Å²) < 4.78 is 24.1. The molecule has 0 atom stereocenters. The number of piperidine rings is 1. The number of carbonyl (C=O) groups excluding carboxylic acids is 1. The van der Waals surface area contributed by atoms with Gasteiger partial charge in [-0.3, -0.25) is 4.79 Å². The zero-order valence-electron chi connectivity index (χ0n) is 12.9. The largest absolute Gasteiger partial charge is 0.497 e. The van der Waals surface area contributed by atoms with Gasteiger partial charge >= 0.3 is 0 Å². The van der Waals surface area contributed by atoms with Crippen molar-refractivity contribution in [2.75, 3.05) is 33.4 Å². The molecule has 0 saturated carbocycles. The third-order valence-electron chi connectivity index (χ3n) is 3.73. The lowest BCUT2D eigenvalue weighted by Gasteiger charge is -2.29. The van der Waals surface area contributed by atoms with E-state index in [-0.39, 0.29) is 5.91 Å². The Morgan fingerprint density at radius 1 is 1.41 bits per heavy atom. The molecule has 1 amide bonds. The summed E-state index contributed by atoms with van der Waals surface area (Å²) in [6.45, 7) is 1.85. The first-order chi connectivity index (χ1) is 10.7. The minimum atomic E-state index is -0.811. The normalized spacial score (nSPS) is 15.7. The molecule has 1 heterocycles. The molecular weight excluding hydrogens is 287 g/mol. The van der Waals surface area contributed by atoms with Crippen LogP contribution in [0, 0.1) is 0 Å². The number of halogens is 1. The van der Waals surface area contributed by atoms with Crippen molar-refractivity contribution in [1.82, 2.24) is 4.90 Å². The van der Waals surface area contributed by atoms with Crippen LogP contribution in [0.1, 0.15) is 29.6 Å². The fraction of sp³-hybridized carbons (Fsp3) is 0.562. The summed E-state index contributed by atoms with van der Waals surface area (Å²) in [5, 5.41) is 0. The molecule has 5 nitrogen and oxygen atoms in total. The zero-order valence-corrected chi connectivity index (χ0v) is 12.9. The number of carbonyl (C=O) groups is 1. The number of nitrogens with zero attached hydrogens (tertiary/aromatic N) is 1. The van der Waals surface area contributed by atoms with Crippen molar-refractivity contribution < 1.29 is 18.7 Å². The van der Waals surface area contributed by atoms with Crippen molar-refractivity contribution in [1.29, 1.82) is 0 Å². The average Bonchev–Trinajstić information content (AvgIpc) is 2.55. The number of benzene rings is 1. The van der Waals surface area contributed by atoms with Crippen LogP contribution in [0.4, 0.5) is 4.39 Å². The van der Waals surface area contributed by atoms with Gasteiger partial charge in [0, 0.05) is 13.1 Å². The molecule has 0 spiro atoms. The van der Waals surface area contributed by atoms with Gasteiger partial charge in [0.1, 0.15) is 17.7 Å². The highest BCUT2D eigenvalue weighted by Gasteiger charge is 2.25. The predicted octanol–water partition coefficient (Wildman–Crippen LogP) is 2.00. The molecule has 0 radical (unpaired) electrons. The van der Waals surface area contributed by atoms with Crippen LogP contribution in [0.5, 0.6) is 11.5 Å². The van der Waals surface area contributed by atoms with E-state index in [2.05, 4.69) is 0 Å². The second kappa shape index (κ2) is 7.98. The SMILES string of the molecule is COc1ccc(OCCCN)c(C(=O)N2CCC(F)CC2)c1. The first kappa shape index (κ1) is 16.5. The van der Waals surface area contributed by atoms with Crippen LogP contribution in [-0.2, 0) is 0 Å². The molecule has 2 N–H and O–H groups in total. The number of ether oxygens (including phenoxy) is 2. The maximum atomic E-state index is 13.2. The predicted molar refractivity (Wildman–Crippen MR) is 82.2 cm³/mol. The highest BCUT2D eigenvalue weighted by molar-refractivity contribution is 5.97. The summed E-state index contributed by atoms with van der Waals surface area (Å²) in [5.41, 5.74) is 5.91. The smallest absolute Gasteiger partial charge is 0.257 e. The number of hydrogen-bond donors (Lipinski definition) is 1. The van der Waals surface area contributed by atoms with Crippen molar-refractivity contribution in [2.45, 2.75) is 25.4 Å². The summed E-state index contributed by atoms with van der Waals surface area (Å²) >= 11 is 0. The summed E-state index contributed by atoms with van der Waals surface area (Å²) in [5.74, 6) is 0.963. The lowest BCUT2D eigenvalue weighted by molar-refractivity contribution is 0.0662. The summed E-state index contributed by atoms with van der Waals surface area (Å²) in [6, 6.07) is 5.15. The van der Waals surface area contributed by atoms with E-state index in [1.54, 1.807) is 30.2 Å².